The first kappa shape index (κ1) is 14.8. The minimum absolute atomic E-state index is 0.129. The third-order valence-electron chi connectivity index (χ3n) is 3.28. The minimum Gasteiger partial charge on any atom is -0.480 e. The Bertz CT molecular complexity index is 664. The highest BCUT2D eigenvalue weighted by Gasteiger charge is 2.27. The Balaban J connectivity index is 2.31. The summed E-state index contributed by atoms with van der Waals surface area (Å²) in [6.45, 7) is 3.07. The topological polar surface area (TPSA) is 83.6 Å². The molecule has 2 rings (SSSR count). The van der Waals surface area contributed by atoms with Gasteiger partial charge in [0.15, 0.2) is 5.69 Å². The van der Waals surface area contributed by atoms with Crippen molar-refractivity contribution in [3.63, 3.8) is 0 Å². The van der Waals surface area contributed by atoms with Gasteiger partial charge in [0.25, 0.3) is 5.91 Å². The fraction of sp³-hybridized carbons (Fsp3) is 0.267. The molecule has 0 aliphatic carbocycles. The maximum absolute atomic E-state index is 12.3. The lowest BCUT2D eigenvalue weighted by Gasteiger charge is -2.20. The summed E-state index contributed by atoms with van der Waals surface area (Å²) in [4.78, 5) is 28.6. The monoisotopic (exact) mass is 288 g/mol. The van der Waals surface area contributed by atoms with Crippen molar-refractivity contribution in [3.05, 3.63) is 41.8 Å². The van der Waals surface area contributed by atoms with Crippen LogP contribution < -0.4 is 0 Å². The van der Waals surface area contributed by atoms with E-state index >= 15 is 0 Å². The van der Waals surface area contributed by atoms with Crippen LogP contribution in [0.1, 0.15) is 23.2 Å². The van der Waals surface area contributed by atoms with E-state index in [0.717, 1.165) is 10.5 Å². The highest BCUT2D eigenvalue weighted by Crippen LogP contribution is 2.22. The van der Waals surface area contributed by atoms with Gasteiger partial charge >= 0.3 is 5.97 Å². The van der Waals surface area contributed by atoms with Crippen LogP contribution in [0, 0.1) is 6.92 Å². The molecule has 0 fully saturated rings. The van der Waals surface area contributed by atoms with Crippen LogP contribution in [0.25, 0.3) is 11.5 Å². The molecule has 0 saturated heterocycles. The molecular formula is C15H16N2O4. The van der Waals surface area contributed by atoms with Crippen molar-refractivity contribution in [2.24, 2.45) is 0 Å². The fourth-order valence-electron chi connectivity index (χ4n) is 1.81. The molecule has 0 aliphatic rings. The predicted molar refractivity (Wildman–Crippen MR) is 75.9 cm³/mol. The van der Waals surface area contributed by atoms with Gasteiger partial charge in [-0.3, -0.25) is 4.79 Å². The number of likely N-dealkylation sites (N-methyl/N-ethyl adjacent to an activating group) is 1. The van der Waals surface area contributed by atoms with Crippen molar-refractivity contribution in [2.45, 2.75) is 19.9 Å². The average Bonchev–Trinajstić information content (AvgIpc) is 2.87. The van der Waals surface area contributed by atoms with Gasteiger partial charge in [0.05, 0.1) is 0 Å². The van der Waals surface area contributed by atoms with Crippen LogP contribution in [0.2, 0.25) is 0 Å². The summed E-state index contributed by atoms with van der Waals surface area (Å²) < 4.78 is 5.51. The quantitative estimate of drug-likeness (QED) is 0.932. The molecule has 0 bridgehead atoms. The van der Waals surface area contributed by atoms with Gasteiger partial charge in [0.1, 0.15) is 11.8 Å². The summed E-state index contributed by atoms with van der Waals surface area (Å²) in [6.07, 6.45) is 0. The molecule has 110 valence electrons. The maximum atomic E-state index is 12.3. The Morgan fingerprint density at radius 3 is 2.48 bits per heavy atom. The van der Waals surface area contributed by atoms with Gasteiger partial charge in [-0.15, -0.1) is 0 Å². The second kappa shape index (κ2) is 5.78. The van der Waals surface area contributed by atoms with Crippen LogP contribution in [0.3, 0.4) is 0 Å². The number of carbonyl (C=O) groups is 2. The number of hydrogen-bond acceptors (Lipinski definition) is 4. The molecule has 6 heteroatoms. The number of rotatable bonds is 4. The minimum atomic E-state index is -1.07. The normalized spacial score (nSPS) is 12.0. The second-order valence-electron chi connectivity index (χ2n) is 4.72. The van der Waals surface area contributed by atoms with Crippen LogP contribution in [-0.2, 0) is 4.79 Å². The van der Waals surface area contributed by atoms with E-state index in [1.165, 1.54) is 14.0 Å². The van der Waals surface area contributed by atoms with Gasteiger partial charge in [0.2, 0.25) is 5.89 Å². The van der Waals surface area contributed by atoms with Crippen molar-refractivity contribution < 1.29 is 19.1 Å². The Morgan fingerprint density at radius 1 is 1.29 bits per heavy atom. The molecule has 6 nitrogen and oxygen atoms in total. The lowest BCUT2D eigenvalue weighted by atomic mass is 10.2. The van der Waals surface area contributed by atoms with Crippen LogP contribution in [0.5, 0.6) is 0 Å². The summed E-state index contributed by atoms with van der Waals surface area (Å²) in [5, 5.41) is 8.96. The van der Waals surface area contributed by atoms with Gasteiger partial charge in [-0.25, -0.2) is 9.78 Å². The lowest BCUT2D eigenvalue weighted by Crippen LogP contribution is -2.40. The Labute approximate surface area is 122 Å². The molecule has 0 spiro atoms. The van der Waals surface area contributed by atoms with E-state index < -0.39 is 17.9 Å². The van der Waals surface area contributed by atoms with Crippen molar-refractivity contribution in [3.8, 4) is 11.5 Å². The Kier molecular flexibility index (Phi) is 4.07. The first-order valence-electron chi connectivity index (χ1n) is 6.44. The van der Waals surface area contributed by atoms with Crippen molar-refractivity contribution in [1.82, 2.24) is 9.88 Å². The molecule has 0 saturated carbocycles. The van der Waals surface area contributed by atoms with E-state index in [1.54, 1.807) is 6.92 Å². The zero-order valence-electron chi connectivity index (χ0n) is 12.0. The van der Waals surface area contributed by atoms with Crippen molar-refractivity contribution in [1.29, 1.82) is 0 Å². The highest BCUT2D eigenvalue weighted by atomic mass is 16.4. The maximum Gasteiger partial charge on any atom is 0.326 e. The standard InChI is InChI=1S/C15H16N2O4/c1-9(15(19)20)17(3)14(18)12-10(2)21-13(16-12)11-7-5-4-6-8-11/h4-9H,1-3H3,(H,19,20). The summed E-state index contributed by atoms with van der Waals surface area (Å²) in [7, 11) is 1.43. The summed E-state index contributed by atoms with van der Waals surface area (Å²) in [6, 6.07) is 8.26. The van der Waals surface area contributed by atoms with Crippen LogP contribution in [-0.4, -0.2) is 40.0 Å². The number of carbonyl (C=O) groups excluding carboxylic acids is 1. The Hall–Kier alpha value is -2.63. The zero-order valence-corrected chi connectivity index (χ0v) is 12.0. The van der Waals surface area contributed by atoms with Gasteiger partial charge in [-0.05, 0) is 26.0 Å². The first-order chi connectivity index (χ1) is 9.91. The van der Waals surface area contributed by atoms with Crippen LogP contribution >= 0.6 is 0 Å². The third kappa shape index (κ3) is 2.94. The highest BCUT2D eigenvalue weighted by molar-refractivity contribution is 5.95. The predicted octanol–water partition coefficient (Wildman–Crippen LogP) is 2.20. The fourth-order valence-corrected chi connectivity index (χ4v) is 1.81. The van der Waals surface area contributed by atoms with E-state index in [-0.39, 0.29) is 5.69 Å². The number of benzene rings is 1. The molecule has 2 aromatic rings. The molecule has 1 amide bonds. The molecule has 0 aliphatic heterocycles. The average molecular weight is 288 g/mol. The number of carboxylic acid groups (broad SMARTS) is 1. The number of amides is 1. The second-order valence-corrected chi connectivity index (χ2v) is 4.72. The Morgan fingerprint density at radius 2 is 1.90 bits per heavy atom. The van der Waals surface area contributed by atoms with E-state index in [9.17, 15) is 9.59 Å². The molecule has 1 aromatic heterocycles. The van der Waals surface area contributed by atoms with Gasteiger partial charge in [-0.2, -0.15) is 0 Å². The van der Waals surface area contributed by atoms with E-state index in [4.69, 9.17) is 9.52 Å². The van der Waals surface area contributed by atoms with E-state index in [1.807, 2.05) is 30.3 Å². The third-order valence-corrected chi connectivity index (χ3v) is 3.28. The summed E-state index contributed by atoms with van der Waals surface area (Å²) in [5.41, 5.74) is 0.887. The van der Waals surface area contributed by atoms with E-state index in [0.29, 0.717) is 11.7 Å². The largest absolute Gasteiger partial charge is 0.480 e. The van der Waals surface area contributed by atoms with E-state index in [2.05, 4.69) is 4.98 Å². The van der Waals surface area contributed by atoms with Gasteiger partial charge in [-0.1, -0.05) is 18.2 Å². The SMILES string of the molecule is Cc1oc(-c2ccccc2)nc1C(=O)N(C)C(C)C(=O)O. The number of oxazole rings is 1. The summed E-state index contributed by atoms with van der Waals surface area (Å²) >= 11 is 0. The number of hydrogen-bond donors (Lipinski definition) is 1. The summed E-state index contributed by atoms with van der Waals surface area (Å²) in [5.74, 6) is -0.847. The van der Waals surface area contributed by atoms with Gasteiger partial charge < -0.3 is 14.4 Å². The smallest absolute Gasteiger partial charge is 0.326 e. The molecule has 0 radical (unpaired) electrons. The molecule has 1 N–H and O–H groups in total. The molecule has 1 atom stereocenters. The molecule has 1 heterocycles. The van der Waals surface area contributed by atoms with Crippen LogP contribution in [0.15, 0.2) is 34.7 Å². The number of aryl methyl sites for hydroxylation is 1. The van der Waals surface area contributed by atoms with Gasteiger partial charge in [0, 0.05) is 12.6 Å². The molecule has 21 heavy (non-hydrogen) atoms. The molecule has 1 aromatic carbocycles. The molecule has 1 unspecified atom stereocenters. The number of carboxylic acids is 1. The van der Waals surface area contributed by atoms with Crippen molar-refractivity contribution >= 4 is 11.9 Å². The molecular weight excluding hydrogens is 272 g/mol. The first-order valence-corrected chi connectivity index (χ1v) is 6.44. The number of aliphatic carboxylic acids is 1. The van der Waals surface area contributed by atoms with Crippen LogP contribution in [0.4, 0.5) is 0 Å². The zero-order chi connectivity index (χ0) is 15.6. The van der Waals surface area contributed by atoms with Crippen molar-refractivity contribution in [2.75, 3.05) is 7.05 Å². The number of nitrogens with zero attached hydrogens (tertiary/aromatic N) is 2. The number of aromatic nitrogens is 1. The lowest BCUT2D eigenvalue weighted by molar-refractivity contribution is -0.141.